The van der Waals surface area contributed by atoms with Gasteiger partial charge in [-0.25, -0.2) is 4.84 Å². The number of carboxylic acids is 1. The number of hydrogen-bond acceptors (Lipinski definition) is 3. The summed E-state index contributed by atoms with van der Waals surface area (Å²) in [5.41, 5.74) is 0. The van der Waals surface area contributed by atoms with E-state index in [0.717, 1.165) is 0 Å². The highest BCUT2D eigenvalue weighted by atomic mass is 35.5. The molecule has 0 rings (SSSR count). The number of carbonyl (C=O) groups is 1. The minimum absolute atomic E-state index is 0.0872. The summed E-state index contributed by atoms with van der Waals surface area (Å²) in [6, 6.07) is -0.965. The molecule has 1 atom stereocenters. The van der Waals surface area contributed by atoms with Crippen LogP contribution in [0.5, 0.6) is 0 Å². The Morgan fingerprint density at radius 3 is 2.38 bits per heavy atom. The quantitative estimate of drug-likeness (QED) is 0.383. The summed E-state index contributed by atoms with van der Waals surface area (Å²) in [6.45, 7) is 0. The molecule has 0 bridgehead atoms. The van der Waals surface area contributed by atoms with Crippen molar-refractivity contribution in [3.63, 3.8) is 0 Å². The van der Waals surface area contributed by atoms with Crippen molar-refractivity contribution in [3.8, 4) is 0 Å². The second kappa shape index (κ2) is 5.57. The average molecular weight is 232 g/mol. The van der Waals surface area contributed by atoms with Crippen molar-refractivity contribution in [1.29, 1.82) is 0 Å². The first-order valence-electron chi connectivity index (χ1n) is 3.50. The molecule has 8 heteroatoms. The van der Waals surface area contributed by atoms with Crippen LogP contribution in [0.4, 0.5) is 0 Å². The van der Waals surface area contributed by atoms with Crippen molar-refractivity contribution in [2.75, 3.05) is 6.16 Å². The van der Waals surface area contributed by atoms with Gasteiger partial charge < -0.3 is 14.9 Å². The molecular weight excluding hydrogens is 220 g/mol. The SMILES string of the molecule is O=C(O)C(CCCP(=O)(O)O)NCl. The van der Waals surface area contributed by atoms with Crippen LogP contribution in [0.3, 0.4) is 0 Å². The lowest BCUT2D eigenvalue weighted by atomic mass is 10.2. The average Bonchev–Trinajstić information content (AvgIpc) is 1.95. The second-order valence-electron chi connectivity index (χ2n) is 2.53. The summed E-state index contributed by atoms with van der Waals surface area (Å²) >= 11 is 5.09. The van der Waals surface area contributed by atoms with Gasteiger partial charge in [-0.05, 0) is 24.6 Å². The maximum Gasteiger partial charge on any atom is 0.325 e. The van der Waals surface area contributed by atoms with Crippen LogP contribution in [0.25, 0.3) is 0 Å². The molecule has 1 unspecified atom stereocenters. The first-order valence-corrected chi connectivity index (χ1v) is 5.68. The maximum atomic E-state index is 10.4. The predicted octanol–water partition coefficient (Wildman–Crippen LogP) is 0.141. The molecule has 78 valence electrons. The molecule has 0 aliphatic heterocycles. The number of halogens is 1. The molecule has 4 N–H and O–H groups in total. The van der Waals surface area contributed by atoms with E-state index in [-0.39, 0.29) is 19.0 Å². The van der Waals surface area contributed by atoms with Gasteiger partial charge in [0.1, 0.15) is 6.04 Å². The highest BCUT2D eigenvalue weighted by Crippen LogP contribution is 2.35. The Kier molecular flexibility index (Phi) is 5.51. The number of aliphatic carboxylic acids is 1. The first-order chi connectivity index (χ1) is 5.87. The molecule has 0 saturated carbocycles. The second-order valence-corrected chi connectivity index (χ2v) is 4.53. The maximum absolute atomic E-state index is 10.4. The van der Waals surface area contributed by atoms with E-state index in [0.29, 0.717) is 0 Å². The van der Waals surface area contributed by atoms with E-state index in [4.69, 9.17) is 26.7 Å². The van der Waals surface area contributed by atoms with Crippen LogP contribution in [0.1, 0.15) is 12.8 Å². The number of hydrogen-bond donors (Lipinski definition) is 4. The predicted molar refractivity (Wildman–Crippen MR) is 46.6 cm³/mol. The van der Waals surface area contributed by atoms with Crippen molar-refractivity contribution < 1.29 is 24.3 Å². The van der Waals surface area contributed by atoms with Crippen LogP contribution in [-0.2, 0) is 9.36 Å². The third-order valence-electron chi connectivity index (χ3n) is 1.37. The van der Waals surface area contributed by atoms with Crippen molar-refractivity contribution in [1.82, 2.24) is 4.84 Å². The fourth-order valence-electron chi connectivity index (χ4n) is 0.726. The van der Waals surface area contributed by atoms with E-state index in [1.54, 1.807) is 0 Å². The first kappa shape index (κ1) is 12.9. The highest BCUT2D eigenvalue weighted by Gasteiger charge is 2.18. The van der Waals surface area contributed by atoms with Gasteiger partial charge in [-0.2, -0.15) is 0 Å². The fourth-order valence-corrected chi connectivity index (χ4v) is 1.52. The summed E-state index contributed by atoms with van der Waals surface area (Å²) in [6.07, 6.45) is -0.125. The van der Waals surface area contributed by atoms with Gasteiger partial charge in [-0.1, -0.05) is 0 Å². The molecule has 0 saturated heterocycles. The zero-order valence-corrected chi connectivity index (χ0v) is 8.33. The smallest absolute Gasteiger partial charge is 0.325 e. The molecule has 0 aromatic carbocycles. The van der Waals surface area contributed by atoms with Gasteiger partial charge in [-0.3, -0.25) is 9.36 Å². The lowest BCUT2D eigenvalue weighted by Crippen LogP contribution is -2.30. The fraction of sp³-hybridized carbons (Fsp3) is 0.800. The number of carboxylic acid groups (broad SMARTS) is 1. The van der Waals surface area contributed by atoms with Crippen LogP contribution >= 0.6 is 19.4 Å². The van der Waals surface area contributed by atoms with E-state index in [1.807, 2.05) is 4.84 Å². The zero-order valence-electron chi connectivity index (χ0n) is 6.68. The lowest BCUT2D eigenvalue weighted by molar-refractivity contribution is -0.139. The van der Waals surface area contributed by atoms with Crippen LogP contribution in [0, 0.1) is 0 Å². The zero-order chi connectivity index (χ0) is 10.5. The standard InChI is InChI=1S/C5H11ClNO5P/c6-7-4(5(8)9)2-1-3-13(10,11)12/h4,7H,1-3H2,(H,8,9)(H2,10,11,12). The normalized spacial score (nSPS) is 14.1. The largest absolute Gasteiger partial charge is 0.480 e. The minimum atomic E-state index is -4.03. The van der Waals surface area contributed by atoms with Gasteiger partial charge in [0.15, 0.2) is 0 Å². The molecule has 0 radical (unpaired) electrons. The van der Waals surface area contributed by atoms with Gasteiger partial charge in [0.2, 0.25) is 0 Å². The van der Waals surface area contributed by atoms with E-state index in [9.17, 15) is 9.36 Å². The van der Waals surface area contributed by atoms with Crippen molar-refractivity contribution in [2.45, 2.75) is 18.9 Å². The number of rotatable bonds is 6. The van der Waals surface area contributed by atoms with Gasteiger partial charge in [0, 0.05) is 6.16 Å². The Hall–Kier alpha value is -0.130. The summed E-state index contributed by atoms with van der Waals surface area (Å²) in [7, 11) is -4.03. The monoisotopic (exact) mass is 231 g/mol. The Bertz CT molecular complexity index is 217. The Labute approximate surface area is 80.2 Å². The van der Waals surface area contributed by atoms with E-state index >= 15 is 0 Å². The third-order valence-corrected chi connectivity index (χ3v) is 2.53. The van der Waals surface area contributed by atoms with Gasteiger partial charge in [0.25, 0.3) is 0 Å². The summed E-state index contributed by atoms with van der Waals surface area (Å²) in [5.74, 6) is -1.14. The van der Waals surface area contributed by atoms with Crippen LogP contribution in [-0.4, -0.2) is 33.1 Å². The minimum Gasteiger partial charge on any atom is -0.480 e. The molecule has 13 heavy (non-hydrogen) atoms. The molecule has 6 nitrogen and oxygen atoms in total. The van der Waals surface area contributed by atoms with Crippen LogP contribution < -0.4 is 4.84 Å². The van der Waals surface area contributed by atoms with Crippen LogP contribution in [0.2, 0.25) is 0 Å². The molecular formula is C5H11ClNO5P. The molecule has 0 aromatic heterocycles. The third kappa shape index (κ3) is 6.98. The van der Waals surface area contributed by atoms with Crippen molar-refractivity contribution >= 4 is 25.3 Å². The molecule has 0 fully saturated rings. The van der Waals surface area contributed by atoms with Gasteiger partial charge >= 0.3 is 13.6 Å². The topological polar surface area (TPSA) is 107 Å². The van der Waals surface area contributed by atoms with E-state index in [1.165, 1.54) is 0 Å². The van der Waals surface area contributed by atoms with E-state index in [2.05, 4.69) is 0 Å². The van der Waals surface area contributed by atoms with Crippen LogP contribution in [0.15, 0.2) is 0 Å². The summed E-state index contributed by atoms with van der Waals surface area (Å²) < 4.78 is 10.4. The Balaban J connectivity index is 3.74. The van der Waals surface area contributed by atoms with Crippen molar-refractivity contribution in [2.24, 2.45) is 0 Å². The molecule has 0 heterocycles. The Morgan fingerprint density at radius 2 is 2.08 bits per heavy atom. The van der Waals surface area contributed by atoms with Gasteiger partial charge in [0.05, 0.1) is 0 Å². The lowest BCUT2D eigenvalue weighted by Gasteiger charge is -2.09. The molecule has 0 spiro atoms. The number of nitrogens with one attached hydrogen (secondary N) is 1. The van der Waals surface area contributed by atoms with E-state index < -0.39 is 19.6 Å². The summed E-state index contributed by atoms with van der Waals surface area (Å²) in [5, 5.41) is 8.46. The van der Waals surface area contributed by atoms with Gasteiger partial charge in [-0.15, -0.1) is 0 Å². The molecule has 0 aliphatic rings. The molecule has 0 aliphatic carbocycles. The summed E-state index contributed by atoms with van der Waals surface area (Å²) in [4.78, 5) is 29.3. The molecule has 0 amide bonds. The molecule has 0 aromatic rings. The highest BCUT2D eigenvalue weighted by molar-refractivity contribution is 7.51. The van der Waals surface area contributed by atoms with Crippen molar-refractivity contribution in [3.05, 3.63) is 0 Å². The Morgan fingerprint density at radius 1 is 1.54 bits per heavy atom.